The topological polar surface area (TPSA) is 52.6 Å². The van der Waals surface area contributed by atoms with Gasteiger partial charge in [-0.3, -0.25) is 0 Å². The third kappa shape index (κ3) is 3.61. The Morgan fingerprint density at radius 2 is 2.32 bits per heavy atom. The number of carboxylic acids is 1. The van der Waals surface area contributed by atoms with Gasteiger partial charge in [0, 0.05) is 17.6 Å². The standard InChI is InChI=1S/C14H19ClN2O2/c1-17-7-3-2-4-11(17)9-16-13-8-10(15)5-6-12(13)14(18)19/h5-6,8,11,16H,2-4,7,9H2,1H3,(H,18,19). The first kappa shape index (κ1) is 14.2. The van der Waals surface area contributed by atoms with Crippen LogP contribution in [0.4, 0.5) is 5.69 Å². The van der Waals surface area contributed by atoms with Crippen molar-refractivity contribution in [1.29, 1.82) is 0 Å². The number of hydrogen-bond donors (Lipinski definition) is 2. The maximum atomic E-state index is 11.2. The molecule has 1 aromatic carbocycles. The van der Waals surface area contributed by atoms with E-state index in [9.17, 15) is 4.79 Å². The van der Waals surface area contributed by atoms with E-state index in [4.69, 9.17) is 16.7 Å². The molecule has 5 heteroatoms. The molecule has 1 aliphatic heterocycles. The molecule has 1 atom stereocenters. The lowest BCUT2D eigenvalue weighted by molar-refractivity contribution is 0.0698. The van der Waals surface area contributed by atoms with Crippen molar-refractivity contribution < 1.29 is 9.90 Å². The van der Waals surface area contributed by atoms with Gasteiger partial charge >= 0.3 is 5.97 Å². The molecule has 1 unspecified atom stereocenters. The lowest BCUT2D eigenvalue weighted by Crippen LogP contribution is -2.40. The average Bonchev–Trinajstić information content (AvgIpc) is 2.37. The second kappa shape index (κ2) is 6.26. The zero-order valence-electron chi connectivity index (χ0n) is 11.0. The van der Waals surface area contributed by atoms with Crippen molar-refractivity contribution in [3.63, 3.8) is 0 Å². The molecule has 19 heavy (non-hydrogen) atoms. The summed E-state index contributed by atoms with van der Waals surface area (Å²) in [4.78, 5) is 13.5. The highest BCUT2D eigenvalue weighted by molar-refractivity contribution is 6.31. The van der Waals surface area contributed by atoms with E-state index in [0.717, 1.165) is 19.5 Å². The number of nitrogens with zero attached hydrogens (tertiary/aromatic N) is 1. The van der Waals surface area contributed by atoms with Crippen LogP contribution in [0.15, 0.2) is 18.2 Å². The number of halogens is 1. The molecule has 1 aliphatic rings. The Balaban J connectivity index is 2.05. The SMILES string of the molecule is CN1CCCCC1CNc1cc(Cl)ccc1C(=O)O. The normalized spacial score (nSPS) is 20.2. The van der Waals surface area contributed by atoms with Gasteiger partial charge in [-0.1, -0.05) is 18.0 Å². The van der Waals surface area contributed by atoms with Crippen molar-refractivity contribution in [3.8, 4) is 0 Å². The van der Waals surface area contributed by atoms with Crippen molar-refractivity contribution >= 4 is 23.3 Å². The fraction of sp³-hybridized carbons (Fsp3) is 0.500. The highest BCUT2D eigenvalue weighted by Crippen LogP contribution is 2.22. The van der Waals surface area contributed by atoms with Crippen LogP contribution in [0.2, 0.25) is 5.02 Å². The monoisotopic (exact) mass is 282 g/mol. The molecular weight excluding hydrogens is 264 g/mol. The van der Waals surface area contributed by atoms with E-state index >= 15 is 0 Å². The first-order valence-electron chi connectivity index (χ1n) is 6.55. The predicted molar refractivity (Wildman–Crippen MR) is 77.2 cm³/mol. The molecule has 1 aromatic rings. The molecule has 0 saturated carbocycles. The van der Waals surface area contributed by atoms with Crippen molar-refractivity contribution in [1.82, 2.24) is 4.90 Å². The van der Waals surface area contributed by atoms with E-state index < -0.39 is 5.97 Å². The lowest BCUT2D eigenvalue weighted by atomic mass is 10.0. The summed E-state index contributed by atoms with van der Waals surface area (Å²) in [5.74, 6) is -0.934. The smallest absolute Gasteiger partial charge is 0.337 e. The van der Waals surface area contributed by atoms with Gasteiger partial charge in [0.05, 0.1) is 11.3 Å². The molecule has 4 nitrogen and oxygen atoms in total. The zero-order valence-corrected chi connectivity index (χ0v) is 11.8. The van der Waals surface area contributed by atoms with E-state index in [1.807, 2.05) is 0 Å². The van der Waals surface area contributed by atoms with Gasteiger partial charge in [0.25, 0.3) is 0 Å². The van der Waals surface area contributed by atoms with Gasteiger partial charge in [0.15, 0.2) is 0 Å². The second-order valence-corrected chi connectivity index (χ2v) is 5.44. The third-order valence-electron chi connectivity index (χ3n) is 3.66. The molecule has 0 bridgehead atoms. The molecule has 1 heterocycles. The number of likely N-dealkylation sites (N-methyl/N-ethyl adjacent to an activating group) is 1. The molecule has 104 valence electrons. The summed E-state index contributed by atoms with van der Waals surface area (Å²) < 4.78 is 0. The number of likely N-dealkylation sites (tertiary alicyclic amines) is 1. The van der Waals surface area contributed by atoms with E-state index in [0.29, 0.717) is 16.8 Å². The van der Waals surface area contributed by atoms with Crippen LogP contribution in [0, 0.1) is 0 Å². The number of hydrogen-bond acceptors (Lipinski definition) is 3. The summed E-state index contributed by atoms with van der Waals surface area (Å²) in [6.07, 6.45) is 3.62. The van der Waals surface area contributed by atoms with Crippen LogP contribution in [0.1, 0.15) is 29.6 Å². The van der Waals surface area contributed by atoms with Gasteiger partial charge in [-0.15, -0.1) is 0 Å². The summed E-state index contributed by atoms with van der Waals surface area (Å²) in [5, 5.41) is 12.9. The summed E-state index contributed by atoms with van der Waals surface area (Å²) in [6, 6.07) is 5.27. The van der Waals surface area contributed by atoms with Gasteiger partial charge in [0.1, 0.15) is 0 Å². The van der Waals surface area contributed by atoms with Crippen LogP contribution in [0.5, 0.6) is 0 Å². The fourth-order valence-electron chi connectivity index (χ4n) is 2.48. The van der Waals surface area contributed by atoms with E-state index in [1.54, 1.807) is 12.1 Å². The van der Waals surface area contributed by atoms with Crippen LogP contribution >= 0.6 is 11.6 Å². The van der Waals surface area contributed by atoms with E-state index in [2.05, 4.69) is 17.3 Å². The Kier molecular flexibility index (Phi) is 4.66. The van der Waals surface area contributed by atoms with Gasteiger partial charge < -0.3 is 15.3 Å². The summed E-state index contributed by atoms with van der Waals surface area (Å²) in [6.45, 7) is 1.85. The Bertz CT molecular complexity index is 465. The van der Waals surface area contributed by atoms with Crippen LogP contribution in [-0.2, 0) is 0 Å². The molecule has 1 fully saturated rings. The summed E-state index contributed by atoms with van der Waals surface area (Å²) in [5.41, 5.74) is 0.863. The van der Waals surface area contributed by atoms with Crippen LogP contribution in [0.3, 0.4) is 0 Å². The van der Waals surface area contributed by atoms with E-state index in [1.165, 1.54) is 18.9 Å². The first-order chi connectivity index (χ1) is 9.08. The number of carboxylic acid groups (broad SMARTS) is 1. The van der Waals surface area contributed by atoms with Crippen LogP contribution in [0.25, 0.3) is 0 Å². The lowest BCUT2D eigenvalue weighted by Gasteiger charge is -2.32. The molecule has 0 amide bonds. The molecular formula is C14H19ClN2O2. The minimum Gasteiger partial charge on any atom is -0.478 e. The highest BCUT2D eigenvalue weighted by Gasteiger charge is 2.19. The third-order valence-corrected chi connectivity index (χ3v) is 3.90. The summed E-state index contributed by atoms with van der Waals surface area (Å²) in [7, 11) is 2.11. The molecule has 1 saturated heterocycles. The molecule has 2 N–H and O–H groups in total. The Morgan fingerprint density at radius 1 is 1.53 bits per heavy atom. The minimum absolute atomic E-state index is 0.267. The highest BCUT2D eigenvalue weighted by atomic mass is 35.5. The molecule has 0 radical (unpaired) electrons. The summed E-state index contributed by atoms with van der Waals surface area (Å²) >= 11 is 5.93. The number of carbonyl (C=O) groups is 1. The maximum absolute atomic E-state index is 11.2. The van der Waals surface area contributed by atoms with Gasteiger partial charge in [-0.25, -0.2) is 4.79 Å². The Hall–Kier alpha value is -1.26. The number of benzene rings is 1. The molecule has 0 spiro atoms. The number of rotatable bonds is 4. The number of anilines is 1. The van der Waals surface area contributed by atoms with Crippen molar-refractivity contribution in [2.75, 3.05) is 25.5 Å². The first-order valence-corrected chi connectivity index (χ1v) is 6.92. The molecule has 2 rings (SSSR count). The number of piperidine rings is 1. The quantitative estimate of drug-likeness (QED) is 0.891. The maximum Gasteiger partial charge on any atom is 0.337 e. The van der Waals surface area contributed by atoms with Crippen molar-refractivity contribution in [2.45, 2.75) is 25.3 Å². The number of aromatic carboxylic acids is 1. The zero-order chi connectivity index (χ0) is 13.8. The second-order valence-electron chi connectivity index (χ2n) is 5.01. The van der Waals surface area contributed by atoms with E-state index in [-0.39, 0.29) is 5.56 Å². The van der Waals surface area contributed by atoms with Gasteiger partial charge in [0.2, 0.25) is 0 Å². The van der Waals surface area contributed by atoms with Gasteiger partial charge in [-0.2, -0.15) is 0 Å². The Labute approximate surface area is 118 Å². The predicted octanol–water partition coefficient (Wildman–Crippen LogP) is 2.93. The number of nitrogens with one attached hydrogen (secondary N) is 1. The van der Waals surface area contributed by atoms with Crippen LogP contribution < -0.4 is 5.32 Å². The molecule has 0 aromatic heterocycles. The largest absolute Gasteiger partial charge is 0.478 e. The minimum atomic E-state index is -0.934. The van der Waals surface area contributed by atoms with Crippen molar-refractivity contribution in [3.05, 3.63) is 28.8 Å². The fourth-order valence-corrected chi connectivity index (χ4v) is 2.65. The average molecular weight is 283 g/mol. The van der Waals surface area contributed by atoms with Gasteiger partial charge in [-0.05, 0) is 44.6 Å². The molecule has 0 aliphatic carbocycles. The van der Waals surface area contributed by atoms with Crippen LogP contribution in [-0.4, -0.2) is 42.2 Å². The van der Waals surface area contributed by atoms with Crippen molar-refractivity contribution in [2.24, 2.45) is 0 Å². The Morgan fingerprint density at radius 3 is 3.00 bits per heavy atom.